The van der Waals surface area contributed by atoms with Crippen molar-refractivity contribution >= 4 is 11.7 Å². The van der Waals surface area contributed by atoms with Crippen LogP contribution in [-0.2, 0) is 18.9 Å². The Hall–Kier alpha value is -1.70. The average molecular weight is 284 g/mol. The van der Waals surface area contributed by atoms with E-state index < -0.39 is 5.97 Å². The number of pyridine rings is 1. The number of nitrogens with two attached hydrogens (primary N) is 1. The summed E-state index contributed by atoms with van der Waals surface area (Å²) in [6.45, 7) is 2.50. The predicted molar refractivity (Wildman–Crippen MR) is 72.4 cm³/mol. The standard InChI is InChI=1S/C13H20N2O5/c1-17-4-5-18-6-7-19-8-9-20-13(16)11-2-3-15-10-12(11)14/h2-3,10H,4-9,14H2,1H3. The maximum atomic E-state index is 11.6. The van der Waals surface area contributed by atoms with E-state index in [0.717, 1.165) is 0 Å². The van der Waals surface area contributed by atoms with Gasteiger partial charge in [-0.05, 0) is 6.07 Å². The first-order valence-electron chi connectivity index (χ1n) is 6.26. The highest BCUT2D eigenvalue weighted by molar-refractivity contribution is 5.94. The highest BCUT2D eigenvalue weighted by Crippen LogP contribution is 2.09. The summed E-state index contributed by atoms with van der Waals surface area (Å²) in [7, 11) is 1.61. The topological polar surface area (TPSA) is 92.9 Å². The molecular formula is C13H20N2O5. The molecule has 0 atom stereocenters. The van der Waals surface area contributed by atoms with Crippen molar-refractivity contribution in [2.75, 3.05) is 52.5 Å². The van der Waals surface area contributed by atoms with Crippen molar-refractivity contribution in [2.45, 2.75) is 0 Å². The van der Waals surface area contributed by atoms with Crippen LogP contribution in [0.15, 0.2) is 18.5 Å². The van der Waals surface area contributed by atoms with E-state index in [1.54, 1.807) is 7.11 Å². The summed E-state index contributed by atoms with van der Waals surface area (Å²) >= 11 is 0. The third kappa shape index (κ3) is 6.46. The smallest absolute Gasteiger partial charge is 0.340 e. The molecule has 0 fully saturated rings. The van der Waals surface area contributed by atoms with Crippen LogP contribution in [0.3, 0.4) is 0 Å². The van der Waals surface area contributed by atoms with Crippen LogP contribution in [0.5, 0.6) is 0 Å². The van der Waals surface area contributed by atoms with Gasteiger partial charge in [0.15, 0.2) is 0 Å². The minimum atomic E-state index is -0.482. The Kier molecular flexibility index (Phi) is 8.28. The molecule has 0 spiro atoms. The van der Waals surface area contributed by atoms with Crippen LogP contribution in [-0.4, -0.2) is 57.7 Å². The van der Waals surface area contributed by atoms with Crippen LogP contribution in [0.4, 0.5) is 5.69 Å². The molecule has 0 amide bonds. The molecule has 0 saturated heterocycles. The second-order valence-electron chi connectivity index (χ2n) is 3.82. The molecule has 112 valence electrons. The summed E-state index contributed by atoms with van der Waals surface area (Å²) in [6.07, 6.45) is 2.89. The Bertz CT molecular complexity index is 400. The van der Waals surface area contributed by atoms with Crippen molar-refractivity contribution in [1.82, 2.24) is 4.98 Å². The minimum Gasteiger partial charge on any atom is -0.460 e. The number of hydrogen-bond acceptors (Lipinski definition) is 7. The zero-order valence-corrected chi connectivity index (χ0v) is 11.5. The zero-order chi connectivity index (χ0) is 14.6. The second kappa shape index (κ2) is 10.1. The minimum absolute atomic E-state index is 0.165. The molecule has 0 bridgehead atoms. The monoisotopic (exact) mass is 284 g/mol. The van der Waals surface area contributed by atoms with Crippen LogP contribution in [0.25, 0.3) is 0 Å². The molecule has 0 aromatic carbocycles. The molecular weight excluding hydrogens is 264 g/mol. The molecule has 2 N–H and O–H groups in total. The lowest BCUT2D eigenvalue weighted by Gasteiger charge is -2.07. The van der Waals surface area contributed by atoms with Gasteiger partial charge in [0.1, 0.15) is 6.61 Å². The molecule has 0 aliphatic rings. The number of ether oxygens (including phenoxy) is 4. The number of anilines is 1. The van der Waals surface area contributed by atoms with Gasteiger partial charge in [-0.1, -0.05) is 0 Å². The largest absolute Gasteiger partial charge is 0.460 e. The summed E-state index contributed by atoms with van der Waals surface area (Å²) < 4.78 is 20.3. The molecule has 20 heavy (non-hydrogen) atoms. The molecule has 0 radical (unpaired) electrons. The van der Waals surface area contributed by atoms with E-state index in [-0.39, 0.29) is 6.61 Å². The number of nitrogen functional groups attached to an aromatic ring is 1. The van der Waals surface area contributed by atoms with Crippen molar-refractivity contribution in [3.8, 4) is 0 Å². The summed E-state index contributed by atoms with van der Waals surface area (Å²) in [5, 5.41) is 0. The van der Waals surface area contributed by atoms with Gasteiger partial charge in [0.2, 0.25) is 0 Å². The summed E-state index contributed by atoms with van der Waals surface area (Å²) in [5.41, 5.74) is 6.21. The number of carbonyl (C=O) groups excluding carboxylic acids is 1. The Morgan fingerprint density at radius 3 is 2.45 bits per heavy atom. The molecule has 0 aliphatic heterocycles. The number of rotatable bonds is 10. The highest BCUT2D eigenvalue weighted by Gasteiger charge is 2.10. The summed E-state index contributed by atoms with van der Waals surface area (Å²) in [5.74, 6) is -0.482. The number of hydrogen-bond donors (Lipinski definition) is 1. The predicted octanol–water partition coefficient (Wildman–Crippen LogP) is 0.500. The SMILES string of the molecule is COCCOCCOCCOC(=O)c1ccncc1N. The fourth-order valence-electron chi connectivity index (χ4n) is 1.33. The Balaban J connectivity index is 2.04. The van der Waals surface area contributed by atoms with Gasteiger partial charge in [-0.3, -0.25) is 4.98 Å². The molecule has 0 aliphatic carbocycles. The first-order valence-corrected chi connectivity index (χ1v) is 6.26. The van der Waals surface area contributed by atoms with E-state index in [4.69, 9.17) is 24.7 Å². The quantitative estimate of drug-likeness (QED) is 0.494. The third-order valence-electron chi connectivity index (χ3n) is 2.34. The lowest BCUT2D eigenvalue weighted by atomic mass is 10.2. The number of methoxy groups -OCH3 is 1. The molecule has 1 rings (SSSR count). The average Bonchev–Trinajstić information content (AvgIpc) is 2.46. The maximum Gasteiger partial charge on any atom is 0.340 e. The van der Waals surface area contributed by atoms with Gasteiger partial charge >= 0.3 is 5.97 Å². The second-order valence-corrected chi connectivity index (χ2v) is 3.82. The highest BCUT2D eigenvalue weighted by atomic mass is 16.6. The van der Waals surface area contributed by atoms with Gasteiger partial charge in [-0.15, -0.1) is 0 Å². The van der Waals surface area contributed by atoms with E-state index >= 15 is 0 Å². The van der Waals surface area contributed by atoms with Crippen molar-refractivity contribution < 1.29 is 23.7 Å². The van der Waals surface area contributed by atoms with Gasteiger partial charge in [-0.2, -0.15) is 0 Å². The lowest BCUT2D eigenvalue weighted by molar-refractivity contribution is 0.00574. The molecule has 1 aromatic heterocycles. The van der Waals surface area contributed by atoms with E-state index in [0.29, 0.717) is 44.3 Å². The Labute approximate surface area is 118 Å². The first-order chi connectivity index (χ1) is 9.75. The van der Waals surface area contributed by atoms with Gasteiger partial charge in [0, 0.05) is 13.3 Å². The van der Waals surface area contributed by atoms with Crippen LogP contribution in [0.2, 0.25) is 0 Å². The van der Waals surface area contributed by atoms with Crippen LogP contribution >= 0.6 is 0 Å². The fraction of sp³-hybridized carbons (Fsp3) is 0.538. The number of esters is 1. The van der Waals surface area contributed by atoms with E-state index in [1.807, 2.05) is 0 Å². The molecule has 1 heterocycles. The van der Waals surface area contributed by atoms with Crippen LogP contribution < -0.4 is 5.73 Å². The third-order valence-corrected chi connectivity index (χ3v) is 2.34. The first kappa shape index (κ1) is 16.4. The number of carbonyl (C=O) groups is 1. The molecule has 0 saturated carbocycles. The van der Waals surface area contributed by atoms with E-state index in [1.165, 1.54) is 18.5 Å². The normalized spacial score (nSPS) is 10.4. The van der Waals surface area contributed by atoms with Gasteiger partial charge in [-0.25, -0.2) is 4.79 Å². The van der Waals surface area contributed by atoms with Crippen molar-refractivity contribution in [3.05, 3.63) is 24.0 Å². The van der Waals surface area contributed by atoms with Crippen molar-refractivity contribution in [2.24, 2.45) is 0 Å². The summed E-state index contributed by atoms with van der Waals surface area (Å²) in [6, 6.07) is 1.52. The van der Waals surface area contributed by atoms with E-state index in [2.05, 4.69) is 4.98 Å². The summed E-state index contributed by atoms with van der Waals surface area (Å²) in [4.78, 5) is 15.4. The molecule has 1 aromatic rings. The van der Waals surface area contributed by atoms with Gasteiger partial charge in [0.05, 0.1) is 50.5 Å². The molecule has 7 nitrogen and oxygen atoms in total. The number of aromatic nitrogens is 1. The zero-order valence-electron chi connectivity index (χ0n) is 11.5. The molecule has 0 unspecified atom stereocenters. The maximum absolute atomic E-state index is 11.6. The van der Waals surface area contributed by atoms with E-state index in [9.17, 15) is 4.79 Å². The van der Waals surface area contributed by atoms with Crippen molar-refractivity contribution in [3.63, 3.8) is 0 Å². The van der Waals surface area contributed by atoms with Crippen LogP contribution in [0, 0.1) is 0 Å². The van der Waals surface area contributed by atoms with Crippen LogP contribution in [0.1, 0.15) is 10.4 Å². The van der Waals surface area contributed by atoms with Gasteiger partial charge < -0.3 is 24.7 Å². The lowest BCUT2D eigenvalue weighted by Crippen LogP contribution is -2.14. The Morgan fingerprint density at radius 2 is 1.80 bits per heavy atom. The fourth-order valence-corrected chi connectivity index (χ4v) is 1.33. The van der Waals surface area contributed by atoms with Crippen molar-refractivity contribution in [1.29, 1.82) is 0 Å². The molecule has 7 heteroatoms. The number of nitrogens with zero attached hydrogens (tertiary/aromatic N) is 1. The Morgan fingerprint density at radius 1 is 1.15 bits per heavy atom. The van der Waals surface area contributed by atoms with Gasteiger partial charge in [0.25, 0.3) is 0 Å².